The number of quaternary nitrogens is 1. The Morgan fingerprint density at radius 1 is 0.862 bits per heavy atom. The quantitative estimate of drug-likeness (QED) is 0.204. The van der Waals surface area contributed by atoms with Crippen molar-refractivity contribution in [2.24, 2.45) is 13.0 Å². The number of piperazine rings is 1. The Morgan fingerprint density at radius 3 is 2.24 bits per heavy atom. The van der Waals surface area contributed by atoms with E-state index in [0.717, 1.165) is 30.4 Å². The number of halogens is 3. The fourth-order valence-electron chi connectivity index (χ4n) is 7.43. The molecule has 2 aliphatic rings. The van der Waals surface area contributed by atoms with Gasteiger partial charge in [0.1, 0.15) is 6.54 Å². The fraction of sp³-hybridized carbons (Fsp3) is 0.350. The number of rotatable bonds is 9. The molecule has 0 aliphatic carbocycles. The van der Waals surface area contributed by atoms with E-state index in [4.69, 9.17) is 11.6 Å². The Morgan fingerprint density at radius 2 is 1.55 bits per heavy atom. The number of likely N-dealkylation sites (tertiary alicyclic amines) is 1. The van der Waals surface area contributed by atoms with Gasteiger partial charge in [0.05, 0.1) is 73.4 Å². The highest BCUT2D eigenvalue weighted by Gasteiger charge is 2.35. The Bertz CT molecular complexity index is 2380. The van der Waals surface area contributed by atoms with Crippen LogP contribution in [0.15, 0.2) is 61.2 Å². The number of hydrogen-bond acceptors (Lipinski definition) is 8. The number of carbonyl (C=O) groups excluding carboxylic acids is 4. The van der Waals surface area contributed by atoms with Crippen LogP contribution in [0.5, 0.6) is 0 Å². The van der Waals surface area contributed by atoms with E-state index in [1.807, 2.05) is 4.90 Å². The minimum Gasteiger partial charge on any atom is -0.339 e. The number of nitrogens with one attached hydrogen (secondary N) is 2. The molecule has 0 radical (unpaired) electrons. The zero-order chi connectivity index (χ0) is 41.3. The first-order chi connectivity index (χ1) is 27.7. The number of anilines is 2. The maximum absolute atomic E-state index is 15.7. The van der Waals surface area contributed by atoms with Crippen molar-refractivity contribution in [3.8, 4) is 22.4 Å². The molecule has 5 heterocycles. The number of aryl methyl sites for hydroxylation is 1. The monoisotopic (exact) mass is 814 g/mol. The summed E-state index contributed by atoms with van der Waals surface area (Å²) >= 11 is 6.55. The van der Waals surface area contributed by atoms with Crippen LogP contribution >= 0.6 is 11.6 Å². The predicted octanol–water partition coefficient (Wildman–Crippen LogP) is 4.64. The molecule has 0 bridgehead atoms. The Labute approximate surface area is 338 Å². The molecular formula is C40H43ClF2N11O4+. The number of imidazole rings is 1. The van der Waals surface area contributed by atoms with Crippen LogP contribution in [0.1, 0.15) is 39.5 Å². The highest BCUT2D eigenvalue weighted by Crippen LogP contribution is 2.33. The fourth-order valence-corrected chi connectivity index (χ4v) is 7.69. The number of piperidine rings is 1. The lowest BCUT2D eigenvalue weighted by Crippen LogP contribution is -2.54. The maximum Gasteiger partial charge on any atom is 0.291 e. The summed E-state index contributed by atoms with van der Waals surface area (Å²) in [6.45, 7) is 5.07. The van der Waals surface area contributed by atoms with E-state index < -0.39 is 23.4 Å². The van der Waals surface area contributed by atoms with Crippen molar-refractivity contribution >= 4 is 46.6 Å². The molecule has 0 saturated carbocycles. The SMILES string of the molecule is Cc1nn(CC(=O)Nc2ccnnc2)cc1-c1ccc(-c2cnc(C(=O)Nc3ccc(C(=O)N4CCN(C(=O)C5CC[N+](C)(C)CC5)CC4)c(Cl)c3)n2C)c(F)c1F. The second kappa shape index (κ2) is 16.4. The van der Waals surface area contributed by atoms with Crippen LogP contribution in [-0.2, 0) is 23.2 Å². The van der Waals surface area contributed by atoms with Gasteiger partial charge in [0.15, 0.2) is 17.5 Å². The molecule has 0 atom stereocenters. The van der Waals surface area contributed by atoms with Crippen LogP contribution in [0.4, 0.5) is 20.2 Å². The summed E-state index contributed by atoms with van der Waals surface area (Å²) in [6, 6.07) is 8.91. The molecule has 0 spiro atoms. The smallest absolute Gasteiger partial charge is 0.291 e. The number of amides is 4. The molecule has 2 saturated heterocycles. The summed E-state index contributed by atoms with van der Waals surface area (Å²) < 4.78 is 35.0. The average Bonchev–Trinajstić information content (AvgIpc) is 3.76. The highest BCUT2D eigenvalue weighted by molar-refractivity contribution is 6.34. The summed E-state index contributed by atoms with van der Waals surface area (Å²) in [5.41, 5.74) is 1.65. The first kappa shape index (κ1) is 40.1. The molecule has 0 unspecified atom stereocenters. The first-order valence-corrected chi connectivity index (χ1v) is 19.2. The molecular weight excluding hydrogens is 772 g/mol. The Kier molecular flexibility index (Phi) is 11.4. The molecule has 58 heavy (non-hydrogen) atoms. The number of benzene rings is 2. The molecule has 18 heteroatoms. The third kappa shape index (κ3) is 8.45. The zero-order valence-corrected chi connectivity index (χ0v) is 33.3. The van der Waals surface area contributed by atoms with Gasteiger partial charge in [-0.3, -0.25) is 23.9 Å². The normalized spacial score (nSPS) is 15.6. The van der Waals surface area contributed by atoms with Crippen molar-refractivity contribution in [3.63, 3.8) is 0 Å². The van der Waals surface area contributed by atoms with Crippen LogP contribution < -0.4 is 10.6 Å². The van der Waals surface area contributed by atoms with E-state index in [1.165, 1.54) is 65.3 Å². The van der Waals surface area contributed by atoms with E-state index >= 15 is 8.78 Å². The van der Waals surface area contributed by atoms with Crippen LogP contribution in [0, 0.1) is 24.5 Å². The van der Waals surface area contributed by atoms with Crippen molar-refractivity contribution in [2.75, 3.05) is 64.0 Å². The molecule has 3 aromatic heterocycles. The number of hydrogen-bond donors (Lipinski definition) is 2. The molecule has 2 aliphatic heterocycles. The first-order valence-electron chi connectivity index (χ1n) is 18.8. The second-order valence-electron chi connectivity index (χ2n) is 15.2. The number of aromatic nitrogens is 6. The largest absolute Gasteiger partial charge is 0.339 e. The van der Waals surface area contributed by atoms with Crippen molar-refractivity contribution in [2.45, 2.75) is 26.3 Å². The summed E-state index contributed by atoms with van der Waals surface area (Å²) in [5, 5.41) is 17.2. The van der Waals surface area contributed by atoms with Crippen molar-refractivity contribution in [3.05, 3.63) is 94.9 Å². The Balaban J connectivity index is 0.974. The number of carbonyl (C=O) groups is 4. The van der Waals surface area contributed by atoms with E-state index in [9.17, 15) is 19.2 Å². The minimum atomic E-state index is -1.16. The summed E-state index contributed by atoms with van der Waals surface area (Å²) in [4.78, 5) is 60.1. The van der Waals surface area contributed by atoms with Crippen LogP contribution in [0.3, 0.4) is 0 Å². The number of nitrogens with zero attached hydrogens (tertiary/aromatic N) is 9. The van der Waals surface area contributed by atoms with E-state index in [2.05, 4.69) is 45.0 Å². The van der Waals surface area contributed by atoms with Gasteiger partial charge in [-0.2, -0.15) is 15.3 Å². The van der Waals surface area contributed by atoms with Crippen molar-refractivity contribution < 1.29 is 32.4 Å². The molecule has 302 valence electrons. The van der Waals surface area contributed by atoms with Gasteiger partial charge < -0.3 is 29.5 Å². The molecule has 2 N–H and O–H groups in total. The van der Waals surface area contributed by atoms with E-state index in [1.54, 1.807) is 24.0 Å². The molecule has 15 nitrogen and oxygen atoms in total. The second-order valence-corrected chi connectivity index (χ2v) is 15.7. The van der Waals surface area contributed by atoms with Gasteiger partial charge in [-0.15, -0.1) is 0 Å². The maximum atomic E-state index is 15.7. The van der Waals surface area contributed by atoms with E-state index in [0.29, 0.717) is 48.8 Å². The van der Waals surface area contributed by atoms with Crippen LogP contribution in [0.25, 0.3) is 22.4 Å². The van der Waals surface area contributed by atoms with Gasteiger partial charge in [0, 0.05) is 80.6 Å². The standard InChI is InChI=1S/C40H42ClF2N11O4/c1-24-31(22-53(49-24)23-34(55)47-27-9-12-45-46-20-27)28-7-8-30(36(43)35(28)42)33-21-44-37(50(33)2)38(56)48-26-5-6-29(32(41)19-26)40(58)52-15-13-51(14-16-52)39(57)25-10-17-54(3,4)18-11-25/h5-9,12,19-22,25H,10-11,13-18,23H2,1-4H3,(H-,45,47,48,55,56,58)/p+1. The van der Waals surface area contributed by atoms with E-state index in [-0.39, 0.29) is 57.5 Å². The van der Waals surface area contributed by atoms with Gasteiger partial charge in [-0.25, -0.2) is 13.8 Å². The lowest BCUT2D eigenvalue weighted by atomic mass is 9.94. The third-order valence-electron chi connectivity index (χ3n) is 10.8. The van der Waals surface area contributed by atoms with Gasteiger partial charge in [-0.1, -0.05) is 17.7 Å². The predicted molar refractivity (Wildman–Crippen MR) is 212 cm³/mol. The third-order valence-corrected chi connectivity index (χ3v) is 11.1. The van der Waals surface area contributed by atoms with Crippen LogP contribution in [-0.4, -0.2) is 121 Å². The highest BCUT2D eigenvalue weighted by atomic mass is 35.5. The lowest BCUT2D eigenvalue weighted by Gasteiger charge is -2.40. The average molecular weight is 815 g/mol. The topological polar surface area (TPSA) is 160 Å². The summed E-state index contributed by atoms with van der Waals surface area (Å²) in [7, 11) is 5.86. The van der Waals surface area contributed by atoms with Crippen molar-refractivity contribution in [1.29, 1.82) is 0 Å². The molecule has 7 rings (SSSR count). The van der Waals surface area contributed by atoms with Gasteiger partial charge in [0.2, 0.25) is 11.8 Å². The molecule has 2 aromatic carbocycles. The summed E-state index contributed by atoms with van der Waals surface area (Å²) in [5.74, 6) is -3.51. The minimum absolute atomic E-state index is 0.0260. The molecule has 5 aromatic rings. The zero-order valence-electron chi connectivity index (χ0n) is 32.5. The summed E-state index contributed by atoms with van der Waals surface area (Å²) in [6.07, 6.45) is 7.28. The van der Waals surface area contributed by atoms with Gasteiger partial charge in [0.25, 0.3) is 11.8 Å². The van der Waals surface area contributed by atoms with Crippen LogP contribution in [0.2, 0.25) is 5.02 Å². The van der Waals surface area contributed by atoms with Gasteiger partial charge >= 0.3 is 0 Å². The van der Waals surface area contributed by atoms with Gasteiger partial charge in [-0.05, 0) is 37.3 Å². The Hall–Kier alpha value is -6.07. The molecule has 2 fully saturated rings. The lowest BCUT2D eigenvalue weighted by molar-refractivity contribution is -0.895. The van der Waals surface area contributed by atoms with Crippen molar-refractivity contribution in [1.82, 2.24) is 39.3 Å². The molecule has 4 amide bonds.